The fourth-order valence-corrected chi connectivity index (χ4v) is 2.01. The monoisotopic (exact) mass is 212 g/mol. The molecule has 0 fully saturated rings. The first-order valence-electron chi connectivity index (χ1n) is 5.84. The third-order valence-corrected chi connectivity index (χ3v) is 3.08. The second-order valence-electron chi connectivity index (χ2n) is 4.61. The van der Waals surface area contributed by atoms with Crippen LogP contribution >= 0.6 is 0 Å². The molecule has 0 aromatic rings. The summed E-state index contributed by atoms with van der Waals surface area (Å²) >= 11 is 0. The van der Waals surface area contributed by atoms with E-state index in [0.717, 1.165) is 25.7 Å². The molecule has 0 bridgehead atoms. The largest absolute Gasteiger partial charge is 0.481 e. The number of carboxylic acid groups (broad SMARTS) is 1. The summed E-state index contributed by atoms with van der Waals surface area (Å²) in [6.07, 6.45) is 6.20. The molecule has 2 nitrogen and oxygen atoms in total. The van der Waals surface area contributed by atoms with Crippen molar-refractivity contribution in [2.24, 2.45) is 17.8 Å². The normalized spacial score (nSPS) is 14.9. The highest BCUT2D eigenvalue weighted by molar-refractivity contribution is 5.69. The van der Waals surface area contributed by atoms with Crippen molar-refractivity contribution < 1.29 is 9.90 Å². The molecule has 0 saturated carbocycles. The Morgan fingerprint density at radius 2 is 1.93 bits per heavy atom. The van der Waals surface area contributed by atoms with Crippen LogP contribution in [0.25, 0.3) is 0 Å². The summed E-state index contributed by atoms with van der Waals surface area (Å²) in [5.41, 5.74) is 0. The zero-order valence-corrected chi connectivity index (χ0v) is 10.2. The minimum atomic E-state index is -0.669. The van der Waals surface area contributed by atoms with Gasteiger partial charge in [-0.3, -0.25) is 4.79 Å². The Morgan fingerprint density at radius 1 is 1.33 bits per heavy atom. The molecular formula is C13H24O2. The average molecular weight is 212 g/mol. The standard InChI is InChI=1S/C13H24O2/c1-5-6-7-8-9-12(10(2)3)11(4)13(14)15/h5,10-12H,1,6-9H2,2-4H3,(H,14,15). The van der Waals surface area contributed by atoms with E-state index < -0.39 is 5.97 Å². The molecule has 0 aliphatic carbocycles. The van der Waals surface area contributed by atoms with Crippen molar-refractivity contribution in [2.45, 2.75) is 46.5 Å². The number of unbranched alkanes of at least 4 members (excludes halogenated alkanes) is 2. The Bertz CT molecular complexity index is 197. The van der Waals surface area contributed by atoms with Gasteiger partial charge in [-0.1, -0.05) is 33.3 Å². The minimum Gasteiger partial charge on any atom is -0.481 e. The van der Waals surface area contributed by atoms with Crippen molar-refractivity contribution in [1.29, 1.82) is 0 Å². The van der Waals surface area contributed by atoms with Crippen LogP contribution in [-0.2, 0) is 4.79 Å². The number of allylic oxidation sites excluding steroid dienone is 1. The van der Waals surface area contributed by atoms with Crippen LogP contribution in [0.5, 0.6) is 0 Å². The lowest BCUT2D eigenvalue weighted by Gasteiger charge is -2.24. The molecule has 1 N–H and O–H groups in total. The first kappa shape index (κ1) is 14.2. The summed E-state index contributed by atoms with van der Waals surface area (Å²) in [6, 6.07) is 0. The van der Waals surface area contributed by atoms with Gasteiger partial charge in [0.1, 0.15) is 0 Å². The molecule has 0 amide bonds. The summed E-state index contributed by atoms with van der Waals surface area (Å²) in [5, 5.41) is 8.99. The molecule has 0 aliphatic rings. The number of carbonyl (C=O) groups is 1. The van der Waals surface area contributed by atoms with Gasteiger partial charge < -0.3 is 5.11 Å². The Hall–Kier alpha value is -0.790. The van der Waals surface area contributed by atoms with E-state index >= 15 is 0 Å². The van der Waals surface area contributed by atoms with E-state index in [1.54, 1.807) is 0 Å². The topological polar surface area (TPSA) is 37.3 Å². The maximum Gasteiger partial charge on any atom is 0.306 e. The highest BCUT2D eigenvalue weighted by atomic mass is 16.4. The first-order chi connectivity index (χ1) is 7.00. The van der Waals surface area contributed by atoms with Crippen molar-refractivity contribution in [3.05, 3.63) is 12.7 Å². The molecule has 0 heterocycles. The van der Waals surface area contributed by atoms with E-state index in [0.29, 0.717) is 11.8 Å². The zero-order chi connectivity index (χ0) is 11.8. The van der Waals surface area contributed by atoms with Gasteiger partial charge in [-0.25, -0.2) is 0 Å². The van der Waals surface area contributed by atoms with Crippen molar-refractivity contribution in [1.82, 2.24) is 0 Å². The van der Waals surface area contributed by atoms with Crippen LogP contribution in [0, 0.1) is 17.8 Å². The third-order valence-electron chi connectivity index (χ3n) is 3.08. The van der Waals surface area contributed by atoms with Gasteiger partial charge in [0.15, 0.2) is 0 Å². The second kappa shape index (κ2) is 7.49. The predicted molar refractivity (Wildman–Crippen MR) is 63.8 cm³/mol. The molecule has 2 heteroatoms. The molecule has 88 valence electrons. The van der Waals surface area contributed by atoms with Crippen LogP contribution in [0.15, 0.2) is 12.7 Å². The van der Waals surface area contributed by atoms with Gasteiger partial charge >= 0.3 is 5.97 Å². The fourth-order valence-electron chi connectivity index (χ4n) is 2.01. The summed E-state index contributed by atoms with van der Waals surface area (Å²) in [7, 11) is 0. The molecule has 0 saturated heterocycles. The Kier molecular flexibility index (Phi) is 7.10. The summed E-state index contributed by atoms with van der Waals surface area (Å²) in [4.78, 5) is 10.9. The molecule has 0 rings (SSSR count). The molecule has 2 atom stereocenters. The van der Waals surface area contributed by atoms with E-state index in [4.69, 9.17) is 5.11 Å². The van der Waals surface area contributed by atoms with Crippen molar-refractivity contribution in [3.63, 3.8) is 0 Å². The fraction of sp³-hybridized carbons (Fsp3) is 0.769. The summed E-state index contributed by atoms with van der Waals surface area (Å²) in [6.45, 7) is 9.72. The van der Waals surface area contributed by atoms with E-state index in [1.807, 2.05) is 13.0 Å². The lowest BCUT2D eigenvalue weighted by atomic mass is 9.81. The molecule has 15 heavy (non-hydrogen) atoms. The third kappa shape index (κ3) is 5.60. The number of hydrogen-bond donors (Lipinski definition) is 1. The molecule has 2 unspecified atom stereocenters. The van der Waals surface area contributed by atoms with Gasteiger partial charge in [0.2, 0.25) is 0 Å². The average Bonchev–Trinajstić information content (AvgIpc) is 2.16. The first-order valence-corrected chi connectivity index (χ1v) is 5.84. The van der Waals surface area contributed by atoms with Crippen LogP contribution < -0.4 is 0 Å². The number of aliphatic carboxylic acids is 1. The van der Waals surface area contributed by atoms with Crippen LogP contribution in [0.4, 0.5) is 0 Å². The molecule has 0 aromatic carbocycles. The zero-order valence-electron chi connectivity index (χ0n) is 10.2. The maximum atomic E-state index is 10.9. The smallest absolute Gasteiger partial charge is 0.306 e. The van der Waals surface area contributed by atoms with Crippen molar-refractivity contribution >= 4 is 5.97 Å². The van der Waals surface area contributed by atoms with Gasteiger partial charge in [-0.2, -0.15) is 0 Å². The Morgan fingerprint density at radius 3 is 2.33 bits per heavy atom. The van der Waals surface area contributed by atoms with Gasteiger partial charge in [-0.05, 0) is 31.1 Å². The Labute approximate surface area is 93.4 Å². The number of carboxylic acids is 1. The van der Waals surface area contributed by atoms with Crippen LogP contribution in [-0.4, -0.2) is 11.1 Å². The van der Waals surface area contributed by atoms with Crippen LogP contribution in [0.1, 0.15) is 46.5 Å². The predicted octanol–water partition coefficient (Wildman–Crippen LogP) is 3.73. The molecule has 0 aliphatic heterocycles. The van der Waals surface area contributed by atoms with Crippen molar-refractivity contribution in [3.8, 4) is 0 Å². The van der Waals surface area contributed by atoms with Crippen LogP contribution in [0.3, 0.4) is 0 Å². The SMILES string of the molecule is C=CCCCCC(C(C)C)C(C)C(=O)O. The summed E-state index contributed by atoms with van der Waals surface area (Å²) < 4.78 is 0. The van der Waals surface area contributed by atoms with E-state index in [-0.39, 0.29) is 5.92 Å². The van der Waals surface area contributed by atoms with E-state index in [9.17, 15) is 4.79 Å². The van der Waals surface area contributed by atoms with Crippen molar-refractivity contribution in [2.75, 3.05) is 0 Å². The minimum absolute atomic E-state index is 0.228. The highest BCUT2D eigenvalue weighted by Gasteiger charge is 2.25. The molecule has 0 aromatic heterocycles. The summed E-state index contributed by atoms with van der Waals surface area (Å²) in [5.74, 6) is -0.154. The molecule has 0 radical (unpaired) electrons. The second-order valence-corrected chi connectivity index (χ2v) is 4.61. The van der Waals surface area contributed by atoms with E-state index in [1.165, 1.54) is 0 Å². The molecule has 0 spiro atoms. The van der Waals surface area contributed by atoms with Crippen LogP contribution in [0.2, 0.25) is 0 Å². The lowest BCUT2D eigenvalue weighted by molar-refractivity contribution is -0.143. The van der Waals surface area contributed by atoms with Gasteiger partial charge in [0, 0.05) is 0 Å². The van der Waals surface area contributed by atoms with Gasteiger partial charge in [0.05, 0.1) is 5.92 Å². The molecular weight excluding hydrogens is 188 g/mol. The maximum absolute atomic E-state index is 10.9. The highest BCUT2D eigenvalue weighted by Crippen LogP contribution is 2.26. The van der Waals surface area contributed by atoms with Gasteiger partial charge in [0.25, 0.3) is 0 Å². The lowest BCUT2D eigenvalue weighted by Crippen LogP contribution is -2.24. The van der Waals surface area contributed by atoms with E-state index in [2.05, 4.69) is 20.4 Å². The number of hydrogen-bond acceptors (Lipinski definition) is 1. The number of rotatable bonds is 8. The van der Waals surface area contributed by atoms with Gasteiger partial charge in [-0.15, -0.1) is 6.58 Å². The quantitative estimate of drug-likeness (QED) is 0.491. The Balaban J connectivity index is 4.04.